The fraction of sp³-hybridized carbons (Fsp3) is 0.857. The number of hydrogen-bond acceptors (Lipinski definition) is 3. The second-order valence-corrected chi connectivity index (χ2v) is 4.63. The molecule has 0 saturated heterocycles. The van der Waals surface area contributed by atoms with Gasteiger partial charge in [0.05, 0.1) is 0 Å². The van der Waals surface area contributed by atoms with E-state index < -0.39 is 18.0 Å². The Bertz CT molecular complexity index is 226. The van der Waals surface area contributed by atoms with Crippen molar-refractivity contribution in [2.24, 2.45) is 0 Å². The van der Waals surface area contributed by atoms with Gasteiger partial charge in [0.25, 0.3) is 0 Å². The van der Waals surface area contributed by atoms with Gasteiger partial charge in [-0.15, -0.1) is 0 Å². The summed E-state index contributed by atoms with van der Waals surface area (Å²) in [5.41, 5.74) is 0. The van der Waals surface area contributed by atoms with Crippen molar-refractivity contribution in [3.8, 4) is 0 Å². The molecule has 0 fully saturated rings. The van der Waals surface area contributed by atoms with Crippen molar-refractivity contribution in [3.63, 3.8) is 0 Å². The highest BCUT2D eigenvalue weighted by atomic mass is 16.4. The van der Waals surface area contributed by atoms with Crippen molar-refractivity contribution < 1.29 is 24.9 Å². The van der Waals surface area contributed by atoms with Gasteiger partial charge < -0.3 is 15.3 Å². The van der Waals surface area contributed by atoms with E-state index in [9.17, 15) is 9.59 Å². The zero-order valence-electron chi connectivity index (χ0n) is 12.1. The number of carboxylic acid groups (broad SMARTS) is 2. The first-order chi connectivity index (χ1) is 8.91. The van der Waals surface area contributed by atoms with Crippen LogP contribution >= 0.6 is 0 Å². The predicted octanol–water partition coefficient (Wildman–Crippen LogP) is 3.05. The molecule has 0 saturated carbocycles. The van der Waals surface area contributed by atoms with Crippen LogP contribution in [0.2, 0.25) is 0 Å². The van der Waals surface area contributed by atoms with Crippen LogP contribution in [0.1, 0.15) is 71.6 Å². The highest BCUT2D eigenvalue weighted by molar-refractivity contribution is 5.71. The normalized spacial score (nSPS) is 11.3. The van der Waals surface area contributed by atoms with E-state index in [1.165, 1.54) is 45.4 Å². The van der Waals surface area contributed by atoms with Gasteiger partial charge in [0, 0.05) is 6.42 Å². The third-order valence-electron chi connectivity index (χ3n) is 2.60. The molecule has 1 atom stereocenters. The fourth-order valence-electron chi connectivity index (χ4n) is 1.41. The molecule has 0 aromatic heterocycles. The molecule has 0 aliphatic rings. The second kappa shape index (κ2) is 15.0. The van der Waals surface area contributed by atoms with Crippen molar-refractivity contribution >= 4 is 11.9 Å². The number of rotatable bonds is 10. The summed E-state index contributed by atoms with van der Waals surface area (Å²) in [5.74, 6) is -1.85. The summed E-state index contributed by atoms with van der Waals surface area (Å²) in [5, 5.41) is 24.2. The van der Waals surface area contributed by atoms with Gasteiger partial charge in [0.15, 0.2) is 0 Å². The Labute approximate surface area is 115 Å². The van der Waals surface area contributed by atoms with E-state index in [2.05, 4.69) is 6.92 Å². The summed E-state index contributed by atoms with van der Waals surface area (Å²) in [6.45, 7) is 3.41. The molecular formula is C14H28O5. The van der Waals surface area contributed by atoms with Crippen molar-refractivity contribution in [2.45, 2.75) is 77.7 Å². The largest absolute Gasteiger partial charge is 0.481 e. The first-order valence-corrected chi connectivity index (χ1v) is 7.04. The van der Waals surface area contributed by atoms with Crippen molar-refractivity contribution in [1.82, 2.24) is 0 Å². The van der Waals surface area contributed by atoms with Gasteiger partial charge in [-0.2, -0.15) is 0 Å². The molecule has 114 valence electrons. The first kappa shape index (κ1) is 20.2. The molecule has 0 amide bonds. The molecule has 3 N–H and O–H groups in total. The minimum atomic E-state index is -1.23. The van der Waals surface area contributed by atoms with Crippen molar-refractivity contribution in [1.29, 1.82) is 0 Å². The number of hydrogen-bond donors (Lipinski definition) is 3. The Balaban J connectivity index is 0. The molecule has 0 aromatic rings. The van der Waals surface area contributed by atoms with Crippen LogP contribution in [0.15, 0.2) is 0 Å². The van der Waals surface area contributed by atoms with E-state index in [1.807, 2.05) is 0 Å². The van der Waals surface area contributed by atoms with Gasteiger partial charge in [-0.1, -0.05) is 51.9 Å². The Morgan fingerprint density at radius 2 is 1.26 bits per heavy atom. The lowest BCUT2D eigenvalue weighted by Gasteiger charge is -1.99. The Kier molecular flexibility index (Phi) is 15.9. The monoisotopic (exact) mass is 276 g/mol. The summed E-state index contributed by atoms with van der Waals surface area (Å²) >= 11 is 0. The van der Waals surface area contributed by atoms with Crippen LogP contribution in [-0.2, 0) is 9.59 Å². The molecule has 5 nitrogen and oxygen atoms in total. The van der Waals surface area contributed by atoms with Crippen LogP contribution < -0.4 is 0 Å². The average Bonchev–Trinajstić information content (AvgIpc) is 2.33. The molecular weight excluding hydrogens is 248 g/mol. The van der Waals surface area contributed by atoms with E-state index in [4.69, 9.17) is 15.3 Å². The molecule has 0 bridgehead atoms. The summed E-state index contributed by atoms with van der Waals surface area (Å²) in [4.78, 5) is 19.6. The van der Waals surface area contributed by atoms with Crippen LogP contribution in [0.5, 0.6) is 0 Å². The van der Waals surface area contributed by atoms with Crippen LogP contribution in [-0.4, -0.2) is 33.4 Å². The third-order valence-corrected chi connectivity index (χ3v) is 2.60. The average molecular weight is 276 g/mol. The summed E-state index contributed by atoms with van der Waals surface area (Å²) in [6.07, 6.45) is 8.82. The van der Waals surface area contributed by atoms with Crippen LogP contribution in [0.4, 0.5) is 0 Å². The van der Waals surface area contributed by atoms with Crippen LogP contribution in [0, 0.1) is 0 Å². The van der Waals surface area contributed by atoms with Gasteiger partial charge in [-0.25, -0.2) is 4.79 Å². The molecule has 0 aliphatic carbocycles. The first-order valence-electron chi connectivity index (χ1n) is 7.04. The quantitative estimate of drug-likeness (QED) is 0.533. The number of aliphatic carboxylic acids is 2. The fourth-order valence-corrected chi connectivity index (χ4v) is 1.41. The topological polar surface area (TPSA) is 94.8 Å². The van der Waals surface area contributed by atoms with Crippen LogP contribution in [0.25, 0.3) is 0 Å². The molecule has 0 radical (unpaired) electrons. The molecule has 0 spiro atoms. The van der Waals surface area contributed by atoms with Gasteiger partial charge >= 0.3 is 11.9 Å². The van der Waals surface area contributed by atoms with Gasteiger partial charge in [-0.3, -0.25) is 4.79 Å². The second-order valence-electron chi connectivity index (χ2n) is 4.63. The number of unbranched alkanes of at least 4 members (excludes halogenated alkanes) is 7. The maximum atomic E-state index is 10.2. The molecule has 5 heteroatoms. The molecule has 0 aromatic carbocycles. The minimum absolute atomic E-state index is 0.342. The lowest BCUT2D eigenvalue weighted by Crippen LogP contribution is -2.13. The SMILES string of the molecule is CC(O)C(=O)O.CCCCCCCCCCC(=O)O. The molecule has 0 aliphatic heterocycles. The lowest BCUT2D eigenvalue weighted by molar-refractivity contribution is -0.145. The Hall–Kier alpha value is -1.10. The van der Waals surface area contributed by atoms with Crippen LogP contribution in [0.3, 0.4) is 0 Å². The van der Waals surface area contributed by atoms with Gasteiger partial charge in [0.2, 0.25) is 0 Å². The minimum Gasteiger partial charge on any atom is -0.481 e. The number of aliphatic hydroxyl groups is 1. The highest BCUT2D eigenvalue weighted by Crippen LogP contribution is 2.09. The van der Waals surface area contributed by atoms with E-state index in [0.717, 1.165) is 12.8 Å². The summed E-state index contributed by atoms with van der Waals surface area (Å²) < 4.78 is 0. The van der Waals surface area contributed by atoms with Gasteiger partial charge in [-0.05, 0) is 13.3 Å². The lowest BCUT2D eigenvalue weighted by atomic mass is 10.1. The Morgan fingerprint density at radius 3 is 1.58 bits per heavy atom. The zero-order valence-corrected chi connectivity index (χ0v) is 12.1. The van der Waals surface area contributed by atoms with E-state index >= 15 is 0 Å². The zero-order chi connectivity index (χ0) is 15.1. The third kappa shape index (κ3) is 22.5. The molecule has 1 unspecified atom stereocenters. The maximum Gasteiger partial charge on any atom is 0.332 e. The number of carboxylic acids is 2. The maximum absolute atomic E-state index is 10.2. The standard InChI is InChI=1S/C11H22O2.C3H6O3/c1-2-3-4-5-6-7-8-9-10-11(12)13;1-2(4)3(5)6/h2-10H2,1H3,(H,12,13);2,4H,1H3,(H,5,6). The predicted molar refractivity (Wildman–Crippen MR) is 74.2 cm³/mol. The molecule has 19 heavy (non-hydrogen) atoms. The number of carbonyl (C=O) groups is 2. The van der Waals surface area contributed by atoms with Crippen molar-refractivity contribution in [2.75, 3.05) is 0 Å². The molecule has 0 heterocycles. The smallest absolute Gasteiger partial charge is 0.332 e. The van der Waals surface area contributed by atoms with E-state index in [0.29, 0.717) is 6.42 Å². The van der Waals surface area contributed by atoms with E-state index in [-0.39, 0.29) is 0 Å². The molecule has 0 rings (SSSR count). The Morgan fingerprint density at radius 1 is 0.895 bits per heavy atom. The highest BCUT2D eigenvalue weighted by Gasteiger charge is 2.01. The van der Waals surface area contributed by atoms with E-state index in [1.54, 1.807) is 0 Å². The van der Waals surface area contributed by atoms with Gasteiger partial charge in [0.1, 0.15) is 6.10 Å². The summed E-state index contributed by atoms with van der Waals surface area (Å²) in [7, 11) is 0. The van der Waals surface area contributed by atoms with Crippen molar-refractivity contribution in [3.05, 3.63) is 0 Å². The summed E-state index contributed by atoms with van der Waals surface area (Å²) in [6, 6.07) is 0. The number of aliphatic hydroxyl groups excluding tert-OH is 1.